The van der Waals surface area contributed by atoms with Crippen molar-refractivity contribution in [3.05, 3.63) is 18.2 Å². The van der Waals surface area contributed by atoms with Crippen molar-refractivity contribution in [2.75, 3.05) is 37.0 Å². The molecule has 2 saturated heterocycles. The minimum atomic E-state index is 0.0329. The molecule has 2 amide bonds. The van der Waals surface area contributed by atoms with Gasteiger partial charge in [-0.25, -0.2) is 0 Å². The average molecular weight is 345 g/mol. The van der Waals surface area contributed by atoms with Gasteiger partial charge in [0.25, 0.3) is 0 Å². The van der Waals surface area contributed by atoms with Gasteiger partial charge in [0, 0.05) is 31.1 Å². The average Bonchev–Trinajstić information content (AvgIpc) is 3.06. The third kappa shape index (κ3) is 4.51. The number of methoxy groups -OCH3 is 1. The second-order valence-corrected chi connectivity index (χ2v) is 6.82. The molecule has 6 nitrogen and oxygen atoms in total. The number of hydrogen-bond acceptors (Lipinski definition) is 4. The van der Waals surface area contributed by atoms with E-state index in [1.165, 1.54) is 0 Å². The Hall–Kier alpha value is -2.08. The predicted octanol–water partition coefficient (Wildman–Crippen LogP) is 2.54. The van der Waals surface area contributed by atoms with E-state index in [0.717, 1.165) is 51.0 Å². The zero-order valence-corrected chi connectivity index (χ0v) is 14.8. The number of carbonyl (C=O) groups is 2. The van der Waals surface area contributed by atoms with Gasteiger partial charge in [-0.3, -0.25) is 9.59 Å². The maximum atomic E-state index is 12.2. The van der Waals surface area contributed by atoms with Crippen LogP contribution in [0, 0.1) is 5.92 Å². The minimum absolute atomic E-state index is 0.0329. The Kier molecular flexibility index (Phi) is 5.91. The normalized spacial score (nSPS) is 18.4. The van der Waals surface area contributed by atoms with Gasteiger partial charge in [0.1, 0.15) is 5.75 Å². The second kappa shape index (κ2) is 8.34. The van der Waals surface area contributed by atoms with Gasteiger partial charge in [0.2, 0.25) is 11.8 Å². The Balaban J connectivity index is 1.58. The molecule has 2 aliphatic rings. The third-order valence-electron chi connectivity index (χ3n) is 5.07. The van der Waals surface area contributed by atoms with E-state index in [2.05, 4.69) is 10.6 Å². The summed E-state index contributed by atoms with van der Waals surface area (Å²) in [6.07, 6.45) is 5.24. The van der Waals surface area contributed by atoms with E-state index in [4.69, 9.17) is 4.74 Å². The van der Waals surface area contributed by atoms with Crippen LogP contribution in [-0.4, -0.2) is 38.6 Å². The molecule has 0 atom stereocenters. The zero-order valence-electron chi connectivity index (χ0n) is 14.8. The molecule has 1 aromatic rings. The van der Waals surface area contributed by atoms with Crippen molar-refractivity contribution >= 4 is 23.2 Å². The molecule has 0 unspecified atom stereocenters. The van der Waals surface area contributed by atoms with Crippen molar-refractivity contribution < 1.29 is 14.3 Å². The van der Waals surface area contributed by atoms with Gasteiger partial charge >= 0.3 is 0 Å². The van der Waals surface area contributed by atoms with Crippen LogP contribution in [0.5, 0.6) is 5.75 Å². The van der Waals surface area contributed by atoms with E-state index in [9.17, 15) is 9.59 Å². The van der Waals surface area contributed by atoms with Crippen LogP contribution in [-0.2, 0) is 9.59 Å². The fourth-order valence-corrected chi connectivity index (χ4v) is 3.61. The lowest BCUT2D eigenvalue weighted by molar-refractivity contribution is -0.117. The Morgan fingerprint density at radius 1 is 1.36 bits per heavy atom. The van der Waals surface area contributed by atoms with Gasteiger partial charge in [-0.2, -0.15) is 0 Å². The lowest BCUT2D eigenvalue weighted by atomic mass is 9.93. The fraction of sp³-hybridized carbons (Fsp3) is 0.579. The summed E-state index contributed by atoms with van der Waals surface area (Å²) in [5.74, 6) is 1.42. The number of hydrogen-bond donors (Lipinski definition) is 2. The summed E-state index contributed by atoms with van der Waals surface area (Å²) >= 11 is 0. The van der Waals surface area contributed by atoms with Crippen molar-refractivity contribution in [2.45, 2.75) is 38.5 Å². The molecule has 0 aliphatic carbocycles. The largest absolute Gasteiger partial charge is 0.494 e. The van der Waals surface area contributed by atoms with Crippen LogP contribution < -0.4 is 20.3 Å². The van der Waals surface area contributed by atoms with E-state index >= 15 is 0 Å². The highest BCUT2D eigenvalue weighted by atomic mass is 16.5. The molecule has 2 heterocycles. The highest BCUT2D eigenvalue weighted by molar-refractivity contribution is 5.97. The molecule has 6 heteroatoms. The van der Waals surface area contributed by atoms with Crippen LogP contribution >= 0.6 is 0 Å². The van der Waals surface area contributed by atoms with Crippen molar-refractivity contribution in [1.82, 2.24) is 5.32 Å². The molecule has 136 valence electrons. The summed E-state index contributed by atoms with van der Waals surface area (Å²) in [6.45, 7) is 2.83. The molecule has 1 aromatic carbocycles. The van der Waals surface area contributed by atoms with Gasteiger partial charge < -0.3 is 20.3 Å². The van der Waals surface area contributed by atoms with Gasteiger partial charge in [-0.05, 0) is 56.8 Å². The van der Waals surface area contributed by atoms with Gasteiger partial charge in [-0.15, -0.1) is 0 Å². The smallest absolute Gasteiger partial charge is 0.227 e. The van der Waals surface area contributed by atoms with Crippen molar-refractivity contribution in [1.29, 1.82) is 0 Å². The number of carbonyl (C=O) groups excluding carboxylic acids is 2. The zero-order chi connectivity index (χ0) is 17.6. The number of piperidine rings is 1. The van der Waals surface area contributed by atoms with Crippen LogP contribution in [0.4, 0.5) is 11.4 Å². The molecule has 0 aromatic heterocycles. The Bertz CT molecular complexity index is 626. The third-order valence-corrected chi connectivity index (χ3v) is 5.07. The maximum absolute atomic E-state index is 12.2. The standard InChI is InChI=1S/C19H27N3O3/c1-25-17-13-15(5-6-16(17)22-12-2-3-19(22)24)21-18(23)7-4-14-8-10-20-11-9-14/h5-6,13-14,20H,2-4,7-12H2,1H3,(H,21,23). The van der Waals surface area contributed by atoms with E-state index < -0.39 is 0 Å². The quantitative estimate of drug-likeness (QED) is 0.831. The molecule has 0 radical (unpaired) electrons. The maximum Gasteiger partial charge on any atom is 0.227 e. The van der Waals surface area contributed by atoms with E-state index in [-0.39, 0.29) is 11.8 Å². The van der Waals surface area contributed by atoms with Crippen LogP contribution in [0.25, 0.3) is 0 Å². The second-order valence-electron chi connectivity index (χ2n) is 6.82. The van der Waals surface area contributed by atoms with Gasteiger partial charge in [-0.1, -0.05) is 0 Å². The first-order valence-electron chi connectivity index (χ1n) is 9.16. The number of ether oxygens (including phenoxy) is 1. The van der Waals surface area contributed by atoms with E-state index in [1.54, 1.807) is 18.1 Å². The topological polar surface area (TPSA) is 70.7 Å². The molecule has 2 aliphatic heterocycles. The number of amides is 2. The predicted molar refractivity (Wildman–Crippen MR) is 98.0 cm³/mol. The summed E-state index contributed by atoms with van der Waals surface area (Å²) in [5, 5.41) is 6.29. The summed E-state index contributed by atoms with van der Waals surface area (Å²) < 4.78 is 5.43. The van der Waals surface area contributed by atoms with Gasteiger partial charge in [0.15, 0.2) is 0 Å². The highest BCUT2D eigenvalue weighted by Gasteiger charge is 2.24. The van der Waals surface area contributed by atoms with E-state index in [1.807, 2.05) is 12.1 Å². The minimum Gasteiger partial charge on any atom is -0.494 e. The Labute approximate surface area is 148 Å². The van der Waals surface area contributed by atoms with E-state index in [0.29, 0.717) is 30.2 Å². The monoisotopic (exact) mass is 345 g/mol. The molecule has 0 spiro atoms. The lowest BCUT2D eigenvalue weighted by Gasteiger charge is -2.22. The molecule has 2 fully saturated rings. The summed E-state index contributed by atoms with van der Waals surface area (Å²) in [6, 6.07) is 5.49. The Morgan fingerprint density at radius 2 is 2.16 bits per heavy atom. The first kappa shape index (κ1) is 17.7. The first-order chi connectivity index (χ1) is 12.2. The summed E-state index contributed by atoms with van der Waals surface area (Å²) in [4.78, 5) is 25.9. The molecule has 0 saturated carbocycles. The molecule has 25 heavy (non-hydrogen) atoms. The Morgan fingerprint density at radius 3 is 2.84 bits per heavy atom. The van der Waals surface area contributed by atoms with Crippen LogP contribution in [0.3, 0.4) is 0 Å². The van der Waals surface area contributed by atoms with Crippen molar-refractivity contribution in [3.63, 3.8) is 0 Å². The van der Waals surface area contributed by atoms with Crippen molar-refractivity contribution in [2.24, 2.45) is 5.92 Å². The fourth-order valence-electron chi connectivity index (χ4n) is 3.61. The SMILES string of the molecule is COc1cc(NC(=O)CCC2CCNCC2)ccc1N1CCCC1=O. The molecular formula is C19H27N3O3. The number of rotatable bonds is 6. The number of anilines is 2. The van der Waals surface area contributed by atoms with Crippen molar-refractivity contribution in [3.8, 4) is 5.75 Å². The number of benzene rings is 1. The van der Waals surface area contributed by atoms with Crippen LogP contribution in [0.1, 0.15) is 38.5 Å². The number of nitrogens with zero attached hydrogens (tertiary/aromatic N) is 1. The first-order valence-corrected chi connectivity index (χ1v) is 9.16. The van der Waals surface area contributed by atoms with Crippen LogP contribution in [0.15, 0.2) is 18.2 Å². The highest BCUT2D eigenvalue weighted by Crippen LogP contribution is 2.34. The summed E-state index contributed by atoms with van der Waals surface area (Å²) in [5.41, 5.74) is 1.49. The molecule has 3 rings (SSSR count). The molecular weight excluding hydrogens is 318 g/mol. The molecule has 2 N–H and O–H groups in total. The number of nitrogens with one attached hydrogen (secondary N) is 2. The lowest BCUT2D eigenvalue weighted by Crippen LogP contribution is -2.28. The molecule has 0 bridgehead atoms. The summed E-state index contributed by atoms with van der Waals surface area (Å²) in [7, 11) is 1.59. The van der Waals surface area contributed by atoms with Gasteiger partial charge in [0.05, 0.1) is 12.8 Å². The van der Waals surface area contributed by atoms with Crippen LogP contribution in [0.2, 0.25) is 0 Å².